The number of nitrogens with one attached hydrogen (secondary N) is 1. The number of carbonyl (C=O) groups is 1. The molecule has 1 aromatic rings. The number of hydrogen-bond donors (Lipinski definition) is 2. The van der Waals surface area contributed by atoms with Crippen molar-refractivity contribution >= 4 is 11.6 Å². The van der Waals surface area contributed by atoms with E-state index in [0.717, 1.165) is 11.3 Å². The van der Waals surface area contributed by atoms with E-state index in [1.54, 1.807) is 6.92 Å². The fourth-order valence-electron chi connectivity index (χ4n) is 1.83. The van der Waals surface area contributed by atoms with Crippen LogP contribution in [0.4, 0.5) is 5.69 Å². The molecule has 1 atom stereocenters. The number of primary amides is 1. The number of hydrazine groups is 1. The SMILES string of the molecule is CN1NC(C)(C(N)=O)c2ccccc21. The summed E-state index contributed by atoms with van der Waals surface area (Å²) < 4.78 is 0. The highest BCUT2D eigenvalue weighted by Crippen LogP contribution is 2.35. The van der Waals surface area contributed by atoms with Gasteiger partial charge in [-0.15, -0.1) is 0 Å². The number of nitrogens with zero attached hydrogens (tertiary/aromatic N) is 1. The Morgan fingerprint density at radius 1 is 1.50 bits per heavy atom. The van der Waals surface area contributed by atoms with E-state index in [0.29, 0.717) is 0 Å². The third-order valence-electron chi connectivity index (χ3n) is 2.69. The highest BCUT2D eigenvalue weighted by atomic mass is 16.1. The Morgan fingerprint density at radius 2 is 2.14 bits per heavy atom. The minimum atomic E-state index is -0.786. The summed E-state index contributed by atoms with van der Waals surface area (Å²) in [5.74, 6) is -0.366. The molecule has 74 valence electrons. The quantitative estimate of drug-likeness (QED) is 0.673. The summed E-state index contributed by atoms with van der Waals surface area (Å²) in [6, 6.07) is 7.71. The molecule has 0 fully saturated rings. The molecule has 1 aromatic carbocycles. The minimum Gasteiger partial charge on any atom is -0.368 e. The van der Waals surface area contributed by atoms with Gasteiger partial charge in [-0.3, -0.25) is 4.79 Å². The lowest BCUT2D eigenvalue weighted by molar-refractivity contribution is -0.123. The van der Waals surface area contributed by atoms with Gasteiger partial charge in [-0.25, -0.2) is 5.43 Å². The molecule has 4 nitrogen and oxygen atoms in total. The summed E-state index contributed by atoms with van der Waals surface area (Å²) in [5, 5.41) is 1.82. The van der Waals surface area contributed by atoms with Gasteiger partial charge in [0.05, 0.1) is 5.69 Å². The van der Waals surface area contributed by atoms with Gasteiger partial charge in [0.25, 0.3) is 0 Å². The Labute approximate surface area is 82.7 Å². The molecule has 1 aliphatic heterocycles. The van der Waals surface area contributed by atoms with E-state index in [9.17, 15) is 4.79 Å². The number of anilines is 1. The van der Waals surface area contributed by atoms with E-state index >= 15 is 0 Å². The predicted octanol–water partition coefficient (Wildman–Crippen LogP) is 0.342. The van der Waals surface area contributed by atoms with Crippen molar-refractivity contribution < 1.29 is 4.79 Å². The lowest BCUT2D eigenvalue weighted by atomic mass is 9.92. The van der Waals surface area contributed by atoms with Crippen molar-refractivity contribution in [2.45, 2.75) is 12.5 Å². The van der Waals surface area contributed by atoms with E-state index in [1.165, 1.54) is 0 Å². The molecule has 2 rings (SSSR count). The third kappa shape index (κ3) is 1.01. The second-order valence-corrected chi connectivity index (χ2v) is 3.68. The zero-order valence-electron chi connectivity index (χ0n) is 8.24. The van der Waals surface area contributed by atoms with Crippen LogP contribution in [0.1, 0.15) is 12.5 Å². The molecule has 0 aromatic heterocycles. The van der Waals surface area contributed by atoms with Crippen LogP contribution in [-0.2, 0) is 10.3 Å². The first-order valence-electron chi connectivity index (χ1n) is 4.46. The minimum absolute atomic E-state index is 0.366. The molecule has 14 heavy (non-hydrogen) atoms. The van der Waals surface area contributed by atoms with Crippen molar-refractivity contribution in [2.75, 3.05) is 12.1 Å². The smallest absolute Gasteiger partial charge is 0.243 e. The van der Waals surface area contributed by atoms with Crippen LogP contribution in [0.3, 0.4) is 0 Å². The first-order valence-corrected chi connectivity index (χ1v) is 4.46. The Kier molecular flexibility index (Phi) is 1.75. The van der Waals surface area contributed by atoms with E-state index in [-0.39, 0.29) is 5.91 Å². The average Bonchev–Trinajstić information content (AvgIpc) is 2.42. The van der Waals surface area contributed by atoms with Crippen LogP contribution < -0.4 is 16.2 Å². The fourth-order valence-corrected chi connectivity index (χ4v) is 1.83. The molecule has 0 aliphatic carbocycles. The van der Waals surface area contributed by atoms with Gasteiger partial charge in [-0.05, 0) is 13.0 Å². The molecule has 3 N–H and O–H groups in total. The number of benzene rings is 1. The zero-order chi connectivity index (χ0) is 10.3. The first kappa shape index (κ1) is 9.02. The molecular formula is C10H13N3O. The first-order chi connectivity index (χ1) is 6.55. The molecule has 0 bridgehead atoms. The van der Waals surface area contributed by atoms with E-state index < -0.39 is 5.54 Å². The van der Waals surface area contributed by atoms with Crippen LogP contribution in [0.2, 0.25) is 0 Å². The lowest BCUT2D eigenvalue weighted by Gasteiger charge is -2.22. The molecule has 1 heterocycles. The Bertz CT molecular complexity index is 391. The largest absolute Gasteiger partial charge is 0.368 e. The molecule has 0 saturated heterocycles. The van der Waals surface area contributed by atoms with Gasteiger partial charge in [0.2, 0.25) is 5.91 Å². The normalized spacial score (nSPS) is 24.9. The Morgan fingerprint density at radius 3 is 2.79 bits per heavy atom. The predicted molar refractivity (Wildman–Crippen MR) is 54.5 cm³/mol. The number of nitrogens with two attached hydrogens (primary N) is 1. The molecule has 4 heteroatoms. The molecular weight excluding hydrogens is 178 g/mol. The maximum atomic E-state index is 11.4. The van der Waals surface area contributed by atoms with Gasteiger partial charge in [0.15, 0.2) is 0 Å². The van der Waals surface area contributed by atoms with Crippen LogP contribution in [0.15, 0.2) is 24.3 Å². The van der Waals surface area contributed by atoms with Crippen LogP contribution in [-0.4, -0.2) is 13.0 Å². The number of rotatable bonds is 1. The molecule has 0 spiro atoms. The molecule has 1 aliphatic rings. The third-order valence-corrected chi connectivity index (χ3v) is 2.69. The van der Waals surface area contributed by atoms with Gasteiger partial charge >= 0.3 is 0 Å². The zero-order valence-corrected chi connectivity index (χ0v) is 8.24. The summed E-state index contributed by atoms with van der Waals surface area (Å²) in [6.45, 7) is 1.79. The van der Waals surface area contributed by atoms with Crippen molar-refractivity contribution in [1.82, 2.24) is 5.43 Å². The number of fused-ring (bicyclic) bond motifs is 1. The van der Waals surface area contributed by atoms with Gasteiger partial charge in [-0.1, -0.05) is 18.2 Å². The molecule has 1 amide bonds. The fraction of sp³-hybridized carbons (Fsp3) is 0.300. The standard InChI is InChI=1S/C10H13N3O/c1-10(9(11)14)7-5-3-4-6-8(7)13(2)12-10/h3-6,12H,1-2H3,(H2,11,14). The van der Waals surface area contributed by atoms with Crippen LogP contribution in [0.25, 0.3) is 0 Å². The summed E-state index contributed by atoms with van der Waals surface area (Å²) in [5.41, 5.74) is 9.57. The molecule has 0 radical (unpaired) electrons. The highest BCUT2D eigenvalue weighted by molar-refractivity contribution is 5.89. The second-order valence-electron chi connectivity index (χ2n) is 3.68. The topological polar surface area (TPSA) is 58.4 Å². The average molecular weight is 191 g/mol. The summed E-state index contributed by atoms with van der Waals surface area (Å²) >= 11 is 0. The maximum absolute atomic E-state index is 11.4. The Hall–Kier alpha value is -1.55. The maximum Gasteiger partial charge on any atom is 0.243 e. The molecule has 0 saturated carbocycles. The van der Waals surface area contributed by atoms with Gasteiger partial charge in [-0.2, -0.15) is 0 Å². The number of hydrogen-bond acceptors (Lipinski definition) is 3. The van der Waals surface area contributed by atoms with Gasteiger partial charge < -0.3 is 10.7 Å². The van der Waals surface area contributed by atoms with E-state index in [2.05, 4.69) is 5.43 Å². The van der Waals surface area contributed by atoms with Crippen LogP contribution in [0.5, 0.6) is 0 Å². The second kappa shape index (κ2) is 2.72. The lowest BCUT2D eigenvalue weighted by Crippen LogP contribution is -2.51. The number of amides is 1. The van der Waals surface area contributed by atoms with E-state index in [1.807, 2.05) is 36.3 Å². The van der Waals surface area contributed by atoms with Crippen LogP contribution in [0, 0.1) is 0 Å². The number of para-hydroxylation sites is 1. The van der Waals surface area contributed by atoms with Crippen molar-refractivity contribution in [3.05, 3.63) is 29.8 Å². The van der Waals surface area contributed by atoms with Crippen LogP contribution >= 0.6 is 0 Å². The van der Waals surface area contributed by atoms with Gasteiger partial charge in [0, 0.05) is 12.6 Å². The van der Waals surface area contributed by atoms with Crippen molar-refractivity contribution in [1.29, 1.82) is 0 Å². The Balaban J connectivity index is 2.59. The summed E-state index contributed by atoms with van der Waals surface area (Å²) in [6.07, 6.45) is 0. The van der Waals surface area contributed by atoms with Crippen molar-refractivity contribution in [3.63, 3.8) is 0 Å². The monoisotopic (exact) mass is 191 g/mol. The highest BCUT2D eigenvalue weighted by Gasteiger charge is 2.41. The summed E-state index contributed by atoms with van der Waals surface area (Å²) in [7, 11) is 1.87. The summed E-state index contributed by atoms with van der Waals surface area (Å²) in [4.78, 5) is 11.4. The van der Waals surface area contributed by atoms with Crippen molar-refractivity contribution in [2.24, 2.45) is 5.73 Å². The van der Waals surface area contributed by atoms with E-state index in [4.69, 9.17) is 5.73 Å². The van der Waals surface area contributed by atoms with Gasteiger partial charge in [0.1, 0.15) is 5.54 Å². The molecule has 1 unspecified atom stereocenters. The van der Waals surface area contributed by atoms with Crippen molar-refractivity contribution in [3.8, 4) is 0 Å². The number of carbonyl (C=O) groups excluding carboxylic acids is 1.